The molecule has 20 heavy (non-hydrogen) atoms. The lowest BCUT2D eigenvalue weighted by Crippen LogP contribution is -2.13. The molecule has 0 spiro atoms. The lowest BCUT2D eigenvalue weighted by atomic mass is 10.1. The van der Waals surface area contributed by atoms with Crippen molar-refractivity contribution in [2.45, 2.75) is 26.1 Å². The number of rotatable bonds is 4. The van der Waals surface area contributed by atoms with E-state index in [1.807, 2.05) is 6.92 Å². The Bertz CT molecular complexity index is 619. The van der Waals surface area contributed by atoms with Gasteiger partial charge in [0, 0.05) is 12.1 Å². The Morgan fingerprint density at radius 3 is 2.75 bits per heavy atom. The molecule has 1 heterocycles. The molecular weight excluding hydrogens is 271 g/mol. The lowest BCUT2D eigenvalue weighted by Gasteiger charge is -2.08. The average Bonchev–Trinajstić information content (AvgIpc) is 2.86. The van der Waals surface area contributed by atoms with Crippen LogP contribution in [0.5, 0.6) is 0 Å². The van der Waals surface area contributed by atoms with Crippen LogP contribution < -0.4 is 0 Å². The van der Waals surface area contributed by atoms with E-state index in [2.05, 4.69) is 10.3 Å². The van der Waals surface area contributed by atoms with Crippen LogP contribution in [-0.4, -0.2) is 20.8 Å². The number of halogens is 3. The first-order valence-corrected chi connectivity index (χ1v) is 6.04. The highest BCUT2D eigenvalue weighted by Gasteiger charge is 2.31. The molecule has 4 nitrogen and oxygen atoms in total. The van der Waals surface area contributed by atoms with Gasteiger partial charge in [-0.3, -0.25) is 4.79 Å². The minimum Gasteiger partial charge on any atom is -0.287 e. The average molecular weight is 283 g/mol. The summed E-state index contributed by atoms with van der Waals surface area (Å²) in [5.41, 5.74) is -0.691. The molecular formula is C13H12F3N3O. The van der Waals surface area contributed by atoms with Gasteiger partial charge in [-0.05, 0) is 18.6 Å². The number of benzene rings is 1. The van der Waals surface area contributed by atoms with Crippen molar-refractivity contribution in [3.63, 3.8) is 0 Å². The largest absolute Gasteiger partial charge is 0.416 e. The molecule has 1 aromatic heterocycles. The number of carbonyl (C=O) groups excluding carboxylic acids is 1. The highest BCUT2D eigenvalue weighted by atomic mass is 19.4. The molecule has 0 unspecified atom stereocenters. The van der Waals surface area contributed by atoms with E-state index < -0.39 is 17.5 Å². The summed E-state index contributed by atoms with van der Waals surface area (Å²) in [4.78, 5) is 12.2. The Labute approximate surface area is 113 Å². The summed E-state index contributed by atoms with van der Waals surface area (Å²) in [6, 6.07) is 4.33. The van der Waals surface area contributed by atoms with Crippen LogP contribution in [0.4, 0.5) is 13.2 Å². The van der Waals surface area contributed by atoms with Gasteiger partial charge in [-0.15, -0.1) is 5.10 Å². The third-order valence-corrected chi connectivity index (χ3v) is 2.74. The van der Waals surface area contributed by atoms with Crippen LogP contribution in [-0.2, 0) is 12.7 Å². The van der Waals surface area contributed by atoms with Gasteiger partial charge < -0.3 is 0 Å². The quantitative estimate of drug-likeness (QED) is 0.810. The number of ketones is 1. The minimum absolute atomic E-state index is 0.0283. The van der Waals surface area contributed by atoms with Crippen LogP contribution in [0.1, 0.15) is 35.0 Å². The van der Waals surface area contributed by atoms with Gasteiger partial charge in [0.2, 0.25) is 5.78 Å². The number of nitrogens with zero attached hydrogens (tertiary/aromatic N) is 3. The van der Waals surface area contributed by atoms with Crippen molar-refractivity contribution in [3.05, 3.63) is 47.3 Å². The fourth-order valence-electron chi connectivity index (χ4n) is 1.80. The molecule has 106 valence electrons. The zero-order valence-corrected chi connectivity index (χ0v) is 10.7. The molecule has 7 heteroatoms. The Morgan fingerprint density at radius 1 is 1.35 bits per heavy atom. The van der Waals surface area contributed by atoms with Gasteiger partial charge in [-0.1, -0.05) is 24.3 Å². The Kier molecular flexibility index (Phi) is 3.87. The van der Waals surface area contributed by atoms with Gasteiger partial charge in [-0.25, -0.2) is 4.68 Å². The third kappa shape index (κ3) is 2.87. The second-order valence-electron chi connectivity index (χ2n) is 4.25. The first-order valence-electron chi connectivity index (χ1n) is 6.04. The summed E-state index contributed by atoms with van der Waals surface area (Å²) < 4.78 is 39.3. The first-order chi connectivity index (χ1) is 9.43. The molecule has 1 aromatic carbocycles. The summed E-state index contributed by atoms with van der Waals surface area (Å²) >= 11 is 0. The molecule has 0 aliphatic heterocycles. The van der Waals surface area contributed by atoms with E-state index in [1.54, 1.807) is 0 Å². The number of alkyl halides is 3. The van der Waals surface area contributed by atoms with Gasteiger partial charge >= 0.3 is 6.18 Å². The minimum atomic E-state index is -4.47. The number of hydrogen-bond acceptors (Lipinski definition) is 3. The van der Waals surface area contributed by atoms with Crippen molar-refractivity contribution >= 4 is 5.78 Å². The molecule has 0 radical (unpaired) electrons. The van der Waals surface area contributed by atoms with Gasteiger partial charge in [0.15, 0.2) is 0 Å². The van der Waals surface area contributed by atoms with Crippen LogP contribution in [0.15, 0.2) is 30.5 Å². The summed E-state index contributed by atoms with van der Waals surface area (Å²) in [6.45, 7) is 2.39. The van der Waals surface area contributed by atoms with E-state index in [4.69, 9.17) is 0 Å². The number of carbonyl (C=O) groups is 1. The maximum atomic E-state index is 12.6. The third-order valence-electron chi connectivity index (χ3n) is 2.74. The number of aryl methyl sites for hydroxylation is 1. The van der Waals surface area contributed by atoms with E-state index in [0.29, 0.717) is 6.54 Å². The summed E-state index contributed by atoms with van der Waals surface area (Å²) in [5, 5.41) is 7.38. The SMILES string of the molecule is CCCn1nncc1C(=O)c1cccc(C(F)(F)F)c1. The van der Waals surface area contributed by atoms with Crippen LogP contribution in [0.25, 0.3) is 0 Å². The maximum Gasteiger partial charge on any atom is 0.416 e. The standard InChI is InChI=1S/C13H12F3N3O/c1-2-6-19-11(8-17-18-19)12(20)9-4-3-5-10(7-9)13(14,15)16/h3-5,7-8H,2,6H2,1H3. The smallest absolute Gasteiger partial charge is 0.287 e. The normalized spacial score (nSPS) is 11.6. The summed E-state index contributed by atoms with van der Waals surface area (Å²) in [5.74, 6) is -0.519. The fraction of sp³-hybridized carbons (Fsp3) is 0.308. The topological polar surface area (TPSA) is 47.8 Å². The molecule has 2 rings (SSSR count). The van der Waals surface area contributed by atoms with E-state index in [9.17, 15) is 18.0 Å². The molecule has 0 bridgehead atoms. The van der Waals surface area contributed by atoms with Gasteiger partial charge in [0.1, 0.15) is 5.69 Å². The van der Waals surface area contributed by atoms with Crippen LogP contribution >= 0.6 is 0 Å². The summed E-state index contributed by atoms with van der Waals surface area (Å²) in [7, 11) is 0. The predicted octanol–water partition coefficient (Wildman–Crippen LogP) is 2.94. The molecule has 0 amide bonds. The lowest BCUT2D eigenvalue weighted by molar-refractivity contribution is -0.137. The molecule has 0 N–H and O–H groups in total. The van der Waals surface area contributed by atoms with Gasteiger partial charge in [0.05, 0.1) is 11.8 Å². The van der Waals surface area contributed by atoms with Crippen molar-refractivity contribution in [1.29, 1.82) is 0 Å². The first kappa shape index (κ1) is 14.2. The van der Waals surface area contributed by atoms with E-state index in [1.165, 1.54) is 23.0 Å². The second kappa shape index (κ2) is 5.44. The monoisotopic (exact) mass is 283 g/mol. The molecule has 0 saturated carbocycles. The van der Waals surface area contributed by atoms with Crippen molar-refractivity contribution < 1.29 is 18.0 Å². The van der Waals surface area contributed by atoms with E-state index in [0.717, 1.165) is 18.6 Å². The molecule has 0 atom stereocenters. The molecule has 0 saturated heterocycles. The predicted molar refractivity (Wildman–Crippen MR) is 65.2 cm³/mol. The molecule has 2 aromatic rings. The Balaban J connectivity index is 2.36. The van der Waals surface area contributed by atoms with Crippen LogP contribution in [0, 0.1) is 0 Å². The number of hydrogen-bond donors (Lipinski definition) is 0. The summed E-state index contributed by atoms with van der Waals surface area (Å²) in [6.07, 6.45) is -2.47. The number of aromatic nitrogens is 3. The Hall–Kier alpha value is -2.18. The van der Waals surface area contributed by atoms with E-state index in [-0.39, 0.29) is 11.3 Å². The highest BCUT2D eigenvalue weighted by molar-refractivity contribution is 6.07. The van der Waals surface area contributed by atoms with Crippen molar-refractivity contribution in [3.8, 4) is 0 Å². The fourth-order valence-corrected chi connectivity index (χ4v) is 1.80. The second-order valence-corrected chi connectivity index (χ2v) is 4.25. The van der Waals surface area contributed by atoms with E-state index >= 15 is 0 Å². The van der Waals surface area contributed by atoms with Gasteiger partial charge in [-0.2, -0.15) is 13.2 Å². The zero-order chi connectivity index (χ0) is 14.8. The van der Waals surface area contributed by atoms with Crippen molar-refractivity contribution in [1.82, 2.24) is 15.0 Å². The van der Waals surface area contributed by atoms with Gasteiger partial charge in [0.25, 0.3) is 0 Å². The van der Waals surface area contributed by atoms with Crippen molar-refractivity contribution in [2.24, 2.45) is 0 Å². The Morgan fingerprint density at radius 2 is 2.10 bits per heavy atom. The van der Waals surface area contributed by atoms with Crippen LogP contribution in [0.3, 0.4) is 0 Å². The molecule has 0 fully saturated rings. The van der Waals surface area contributed by atoms with Crippen molar-refractivity contribution in [2.75, 3.05) is 0 Å². The molecule has 0 aliphatic carbocycles. The molecule has 0 aliphatic rings. The highest BCUT2D eigenvalue weighted by Crippen LogP contribution is 2.29. The zero-order valence-electron chi connectivity index (χ0n) is 10.7. The maximum absolute atomic E-state index is 12.6. The van der Waals surface area contributed by atoms with Crippen LogP contribution in [0.2, 0.25) is 0 Å².